The van der Waals surface area contributed by atoms with Crippen molar-refractivity contribution < 1.29 is 46.6 Å². The number of halogens is 3. The molecule has 47 heavy (non-hydrogen) atoms. The average Bonchev–Trinajstić information content (AvgIpc) is 3.51. The van der Waals surface area contributed by atoms with Gasteiger partial charge < -0.3 is 29.7 Å². The quantitative estimate of drug-likeness (QED) is 0.470. The van der Waals surface area contributed by atoms with E-state index in [1.54, 1.807) is 38.8 Å². The Labute approximate surface area is 270 Å². The minimum absolute atomic E-state index is 0.0287. The van der Waals surface area contributed by atoms with Gasteiger partial charge in [0.15, 0.2) is 0 Å². The van der Waals surface area contributed by atoms with Crippen molar-refractivity contribution in [3.8, 4) is 5.75 Å². The first-order valence-corrected chi connectivity index (χ1v) is 15.6. The lowest BCUT2D eigenvalue weighted by molar-refractivity contribution is -0.137. The van der Waals surface area contributed by atoms with Crippen LogP contribution in [0.1, 0.15) is 72.7 Å². The van der Waals surface area contributed by atoms with E-state index in [1.165, 1.54) is 17.0 Å². The van der Waals surface area contributed by atoms with Crippen molar-refractivity contribution in [3.05, 3.63) is 59.2 Å². The molecule has 254 valence electrons. The van der Waals surface area contributed by atoms with Gasteiger partial charge in [-0.1, -0.05) is 0 Å². The molecule has 4 atom stereocenters. The summed E-state index contributed by atoms with van der Waals surface area (Å²) in [4.78, 5) is 55.0. The van der Waals surface area contributed by atoms with Gasteiger partial charge in [-0.05, 0) is 88.9 Å². The molecule has 0 radical (unpaired) electrons. The van der Waals surface area contributed by atoms with Crippen molar-refractivity contribution >= 4 is 29.5 Å². The molecule has 3 aliphatic heterocycles. The number of fused-ring (bicyclic) bond motifs is 2. The number of amides is 4. The number of carbonyl (C=O) groups excluding carboxylic acids is 4. The first kappa shape index (κ1) is 34.0. The summed E-state index contributed by atoms with van der Waals surface area (Å²) in [5, 5.41) is 5.55. The zero-order valence-electron chi connectivity index (χ0n) is 26.7. The third-order valence-corrected chi connectivity index (χ3v) is 8.43. The number of hydrogen-bond acceptors (Lipinski definition) is 7. The average molecular weight is 661 g/mol. The number of nitrogens with zero attached hydrogens (tertiary/aromatic N) is 2. The van der Waals surface area contributed by atoms with Gasteiger partial charge >= 0.3 is 12.3 Å². The van der Waals surface area contributed by atoms with Crippen molar-refractivity contribution in [3.63, 3.8) is 0 Å². The Bertz CT molecular complexity index is 1510. The maximum atomic E-state index is 13.6. The second-order valence-corrected chi connectivity index (χ2v) is 13.0. The van der Waals surface area contributed by atoms with E-state index in [9.17, 15) is 32.3 Å². The molecule has 5 rings (SSSR count). The van der Waals surface area contributed by atoms with Crippen molar-refractivity contribution in [2.24, 2.45) is 0 Å². The molecule has 14 heteroatoms. The molecule has 2 N–H and O–H groups in total. The highest BCUT2D eigenvalue weighted by Crippen LogP contribution is 2.33. The molecule has 11 nitrogen and oxygen atoms in total. The van der Waals surface area contributed by atoms with E-state index in [0.717, 1.165) is 24.3 Å². The highest BCUT2D eigenvalue weighted by molar-refractivity contribution is 6.05. The Balaban J connectivity index is 1.19. The molecule has 3 aliphatic rings. The SMILES string of the molecule is CN1C(=O)c2cc(NC(=O)c3ccc(C(F)(F)F)cc3)ccc2OC[C@@H]2O[C@H](CNC(=O)[C@@H]3CCCN3C(=O)OC(C)(C)C)CC[C@@H]21. The predicted molar refractivity (Wildman–Crippen MR) is 164 cm³/mol. The maximum Gasteiger partial charge on any atom is 0.416 e. The van der Waals surface area contributed by atoms with Crippen LogP contribution in [-0.2, 0) is 20.4 Å². The van der Waals surface area contributed by atoms with Gasteiger partial charge in [0, 0.05) is 31.4 Å². The van der Waals surface area contributed by atoms with Gasteiger partial charge in [0.05, 0.1) is 23.3 Å². The lowest BCUT2D eigenvalue weighted by Gasteiger charge is -2.42. The van der Waals surface area contributed by atoms with E-state index in [1.807, 2.05) is 0 Å². The van der Waals surface area contributed by atoms with Crippen LogP contribution in [0.25, 0.3) is 0 Å². The molecular weight excluding hydrogens is 621 g/mol. The summed E-state index contributed by atoms with van der Waals surface area (Å²) >= 11 is 0. The van der Waals surface area contributed by atoms with Gasteiger partial charge in [-0.3, -0.25) is 19.3 Å². The molecule has 2 fully saturated rings. The minimum atomic E-state index is -4.52. The number of rotatable bonds is 5. The van der Waals surface area contributed by atoms with Crippen molar-refractivity contribution in [1.82, 2.24) is 15.1 Å². The van der Waals surface area contributed by atoms with Crippen LogP contribution in [0.2, 0.25) is 0 Å². The van der Waals surface area contributed by atoms with Gasteiger partial charge in [-0.15, -0.1) is 0 Å². The number of ether oxygens (including phenoxy) is 3. The molecule has 0 aliphatic carbocycles. The van der Waals surface area contributed by atoms with E-state index in [-0.39, 0.29) is 59.7 Å². The zero-order chi connectivity index (χ0) is 34.1. The fourth-order valence-corrected chi connectivity index (χ4v) is 6.03. The Morgan fingerprint density at radius 3 is 2.43 bits per heavy atom. The van der Waals surface area contributed by atoms with E-state index in [2.05, 4.69) is 10.6 Å². The molecule has 0 bridgehead atoms. The number of likely N-dealkylation sites (tertiary alicyclic amines) is 1. The number of alkyl halides is 3. The predicted octanol–water partition coefficient (Wildman–Crippen LogP) is 4.85. The molecule has 2 aromatic rings. The second kappa shape index (κ2) is 13.4. The summed E-state index contributed by atoms with van der Waals surface area (Å²) in [5.41, 5.74) is -1.01. The summed E-state index contributed by atoms with van der Waals surface area (Å²) in [7, 11) is 1.67. The van der Waals surface area contributed by atoms with Gasteiger partial charge in [0.25, 0.3) is 11.8 Å². The third-order valence-electron chi connectivity index (χ3n) is 8.43. The van der Waals surface area contributed by atoms with Gasteiger partial charge in [-0.2, -0.15) is 13.2 Å². The highest BCUT2D eigenvalue weighted by Gasteiger charge is 2.40. The van der Waals surface area contributed by atoms with Crippen LogP contribution in [0.15, 0.2) is 42.5 Å². The van der Waals surface area contributed by atoms with Crippen molar-refractivity contribution in [1.29, 1.82) is 0 Å². The van der Waals surface area contributed by atoms with Gasteiger partial charge in [0.1, 0.15) is 30.1 Å². The maximum absolute atomic E-state index is 13.6. The van der Waals surface area contributed by atoms with E-state index in [0.29, 0.717) is 32.2 Å². The molecule has 0 spiro atoms. The number of anilines is 1. The standard InChI is InChI=1S/C33H39F3N4O7/c1-32(2,3)47-31(44)40-15-5-6-25(40)29(42)37-17-22-12-13-24-27(46-22)18-45-26-14-11-21(16-23(26)30(43)39(24)4)38-28(41)19-7-9-20(10-8-19)33(34,35)36/h7-11,14,16,22,24-25,27H,5-6,12-13,15,17-18H2,1-4H3,(H,37,42)(H,38,41)/t22-,24-,25-,27-/m0/s1. The van der Waals surface area contributed by atoms with Crippen LogP contribution in [0.3, 0.4) is 0 Å². The molecule has 0 saturated carbocycles. The first-order chi connectivity index (χ1) is 22.1. The molecule has 3 heterocycles. The Hall–Kier alpha value is -4.33. The second-order valence-electron chi connectivity index (χ2n) is 13.0. The van der Waals surface area contributed by atoms with E-state index in [4.69, 9.17) is 14.2 Å². The van der Waals surface area contributed by atoms with E-state index >= 15 is 0 Å². The fraction of sp³-hybridized carbons (Fsp3) is 0.515. The lowest BCUT2D eigenvalue weighted by atomic mass is 9.95. The summed E-state index contributed by atoms with van der Waals surface area (Å²) in [6.45, 7) is 6.14. The van der Waals surface area contributed by atoms with Crippen LogP contribution >= 0.6 is 0 Å². The molecule has 2 aromatic carbocycles. The molecule has 4 amide bonds. The number of carbonyl (C=O) groups is 4. The third kappa shape index (κ3) is 7.98. The first-order valence-electron chi connectivity index (χ1n) is 15.6. The Morgan fingerprint density at radius 1 is 1.02 bits per heavy atom. The van der Waals surface area contributed by atoms with Crippen molar-refractivity contribution in [2.75, 3.05) is 32.1 Å². The topological polar surface area (TPSA) is 127 Å². The zero-order valence-corrected chi connectivity index (χ0v) is 26.7. The highest BCUT2D eigenvalue weighted by atomic mass is 19.4. The Morgan fingerprint density at radius 2 is 1.74 bits per heavy atom. The van der Waals surface area contributed by atoms with Crippen molar-refractivity contribution in [2.45, 2.75) is 82.5 Å². The smallest absolute Gasteiger partial charge is 0.416 e. The minimum Gasteiger partial charge on any atom is -0.490 e. The van der Waals surface area contributed by atoms with Gasteiger partial charge in [0.2, 0.25) is 5.91 Å². The summed E-state index contributed by atoms with van der Waals surface area (Å²) in [6.07, 6.45) is -3.44. The lowest BCUT2D eigenvalue weighted by Crippen LogP contribution is -2.55. The van der Waals surface area contributed by atoms with Crippen LogP contribution in [0.4, 0.5) is 23.7 Å². The van der Waals surface area contributed by atoms with Crippen LogP contribution in [-0.4, -0.2) is 90.3 Å². The van der Waals surface area contributed by atoms with Crippen LogP contribution in [0, 0.1) is 0 Å². The van der Waals surface area contributed by atoms with Crippen LogP contribution < -0.4 is 15.4 Å². The molecular formula is C33H39F3N4O7. The number of hydrogen-bond donors (Lipinski definition) is 2. The largest absolute Gasteiger partial charge is 0.490 e. The Kier molecular flexibility index (Phi) is 9.71. The summed E-state index contributed by atoms with van der Waals surface area (Å²) in [5.74, 6) is -0.958. The monoisotopic (exact) mass is 660 g/mol. The van der Waals surface area contributed by atoms with E-state index < -0.39 is 41.5 Å². The summed E-state index contributed by atoms with van der Waals surface area (Å²) < 4.78 is 56.4. The number of likely N-dealkylation sites (N-methyl/N-ethyl adjacent to an activating group) is 1. The van der Waals surface area contributed by atoms with Gasteiger partial charge in [-0.25, -0.2) is 4.79 Å². The number of benzene rings is 2. The number of nitrogens with one attached hydrogen (secondary N) is 2. The molecule has 2 saturated heterocycles. The molecule has 0 aromatic heterocycles. The summed E-state index contributed by atoms with van der Waals surface area (Å²) in [6, 6.07) is 7.46. The normalized spacial score (nSPS) is 23.1. The molecule has 0 unspecified atom stereocenters. The van der Waals surface area contributed by atoms with Crippen LogP contribution in [0.5, 0.6) is 5.75 Å². The fourth-order valence-electron chi connectivity index (χ4n) is 6.03.